The van der Waals surface area contributed by atoms with Crippen molar-refractivity contribution in [3.8, 4) is 0 Å². The number of hydrogen-bond donors (Lipinski definition) is 1. The zero-order valence-corrected chi connectivity index (χ0v) is 12.2. The van der Waals surface area contributed by atoms with Gasteiger partial charge in [0.05, 0.1) is 11.8 Å². The summed E-state index contributed by atoms with van der Waals surface area (Å²) in [5, 5.41) is 2.67. The third-order valence-electron chi connectivity index (χ3n) is 3.76. The largest absolute Gasteiger partial charge is 0.461 e. The molecule has 21 heavy (non-hydrogen) atoms. The summed E-state index contributed by atoms with van der Waals surface area (Å²) in [7, 11) is 0. The Hall–Kier alpha value is -1.91. The van der Waals surface area contributed by atoms with Gasteiger partial charge in [0.25, 0.3) is 0 Å². The van der Waals surface area contributed by atoms with Crippen molar-refractivity contribution < 1.29 is 18.7 Å². The maximum absolute atomic E-state index is 12.8. The van der Waals surface area contributed by atoms with Crippen molar-refractivity contribution in [2.75, 3.05) is 0 Å². The number of amides is 1. The van der Waals surface area contributed by atoms with Crippen molar-refractivity contribution in [1.82, 2.24) is 5.32 Å². The van der Waals surface area contributed by atoms with E-state index in [0.717, 1.165) is 5.56 Å². The molecule has 1 unspecified atom stereocenters. The second-order valence-electron chi connectivity index (χ2n) is 5.54. The molecule has 5 heteroatoms. The molecule has 4 atom stereocenters. The van der Waals surface area contributed by atoms with Crippen molar-refractivity contribution in [2.24, 2.45) is 11.8 Å². The zero-order chi connectivity index (χ0) is 15.4. The summed E-state index contributed by atoms with van der Waals surface area (Å²) in [6, 6.07) is 9.00. The van der Waals surface area contributed by atoms with Crippen LogP contribution in [-0.2, 0) is 20.9 Å². The van der Waals surface area contributed by atoms with E-state index in [-0.39, 0.29) is 30.9 Å². The van der Waals surface area contributed by atoms with E-state index < -0.39 is 18.0 Å². The van der Waals surface area contributed by atoms with Gasteiger partial charge in [-0.1, -0.05) is 30.3 Å². The molecule has 1 amide bonds. The van der Waals surface area contributed by atoms with E-state index in [1.807, 2.05) is 30.3 Å². The Balaban J connectivity index is 1.77. The fourth-order valence-electron chi connectivity index (χ4n) is 1.96. The lowest BCUT2D eigenvalue weighted by atomic mass is 10.0. The van der Waals surface area contributed by atoms with Gasteiger partial charge in [0.1, 0.15) is 12.8 Å². The second-order valence-corrected chi connectivity index (χ2v) is 5.54. The molecule has 0 aromatic heterocycles. The van der Waals surface area contributed by atoms with Gasteiger partial charge >= 0.3 is 5.97 Å². The molecule has 0 radical (unpaired) electrons. The number of ether oxygens (including phenoxy) is 1. The van der Waals surface area contributed by atoms with Crippen molar-refractivity contribution in [3.63, 3.8) is 0 Å². The SMILES string of the molecule is CC(C(=O)OCc1ccccc1)[C@H](C)NC(=O)[C@@H]1C[C@@H]1F. The number of nitrogens with one attached hydrogen (secondary N) is 1. The van der Waals surface area contributed by atoms with Gasteiger partial charge in [-0.2, -0.15) is 0 Å². The quantitative estimate of drug-likeness (QED) is 0.818. The fourth-order valence-corrected chi connectivity index (χ4v) is 1.96. The number of rotatable bonds is 6. The molecule has 1 aromatic carbocycles. The van der Waals surface area contributed by atoms with Crippen LogP contribution in [0.25, 0.3) is 0 Å². The van der Waals surface area contributed by atoms with Gasteiger partial charge in [0.15, 0.2) is 0 Å². The fraction of sp³-hybridized carbons (Fsp3) is 0.500. The Bertz CT molecular complexity index is 506. The smallest absolute Gasteiger partial charge is 0.311 e. The normalized spacial score (nSPS) is 23.0. The molecular formula is C16H20FNO3. The topological polar surface area (TPSA) is 55.4 Å². The van der Waals surface area contributed by atoms with Crippen LogP contribution in [0, 0.1) is 11.8 Å². The van der Waals surface area contributed by atoms with Crippen LogP contribution in [0.3, 0.4) is 0 Å². The highest BCUT2D eigenvalue weighted by Gasteiger charge is 2.44. The van der Waals surface area contributed by atoms with Gasteiger partial charge < -0.3 is 10.1 Å². The van der Waals surface area contributed by atoms with Gasteiger partial charge in [-0.25, -0.2) is 4.39 Å². The van der Waals surface area contributed by atoms with Crippen LogP contribution in [0.1, 0.15) is 25.8 Å². The number of carbonyl (C=O) groups is 2. The first-order valence-electron chi connectivity index (χ1n) is 7.14. The van der Waals surface area contributed by atoms with Crippen LogP contribution in [0.4, 0.5) is 4.39 Å². The zero-order valence-electron chi connectivity index (χ0n) is 12.2. The highest BCUT2D eigenvalue weighted by molar-refractivity contribution is 5.83. The summed E-state index contributed by atoms with van der Waals surface area (Å²) < 4.78 is 18.0. The standard InChI is InChI=1S/C16H20FNO3/c1-10(11(2)18-15(19)13-8-14(13)17)16(20)21-9-12-6-4-3-5-7-12/h3-7,10-11,13-14H,8-9H2,1-2H3,(H,18,19)/t10?,11-,13+,14-/m0/s1. The Labute approximate surface area is 123 Å². The molecule has 4 nitrogen and oxygen atoms in total. The first kappa shape index (κ1) is 15.5. The Morgan fingerprint density at radius 3 is 2.52 bits per heavy atom. The number of alkyl halides is 1. The minimum absolute atomic E-state index is 0.208. The van der Waals surface area contributed by atoms with Crippen LogP contribution in [0.2, 0.25) is 0 Å². The van der Waals surface area contributed by atoms with E-state index in [0.29, 0.717) is 0 Å². The van der Waals surface area contributed by atoms with Crippen LogP contribution in [0.15, 0.2) is 30.3 Å². The summed E-state index contributed by atoms with van der Waals surface area (Å²) in [6.07, 6.45) is -0.747. The third kappa shape index (κ3) is 4.28. The maximum Gasteiger partial charge on any atom is 0.311 e. The summed E-state index contributed by atoms with van der Waals surface area (Å²) >= 11 is 0. The van der Waals surface area contributed by atoms with E-state index in [4.69, 9.17) is 4.74 Å². The van der Waals surface area contributed by atoms with E-state index in [1.165, 1.54) is 0 Å². The van der Waals surface area contributed by atoms with Gasteiger partial charge in [-0.05, 0) is 25.8 Å². The first-order chi connectivity index (χ1) is 9.99. The molecule has 1 aliphatic rings. The van der Waals surface area contributed by atoms with Crippen LogP contribution in [0.5, 0.6) is 0 Å². The minimum Gasteiger partial charge on any atom is -0.461 e. The van der Waals surface area contributed by atoms with Crippen molar-refractivity contribution in [3.05, 3.63) is 35.9 Å². The monoisotopic (exact) mass is 293 g/mol. The second kappa shape index (κ2) is 6.70. The number of carbonyl (C=O) groups excluding carboxylic acids is 2. The average molecular weight is 293 g/mol. The molecule has 0 bridgehead atoms. The van der Waals surface area contributed by atoms with Gasteiger partial charge in [0, 0.05) is 6.04 Å². The highest BCUT2D eigenvalue weighted by Crippen LogP contribution is 2.33. The van der Waals surface area contributed by atoms with Gasteiger partial charge in [0.2, 0.25) is 5.91 Å². The average Bonchev–Trinajstić information content (AvgIpc) is 3.22. The number of hydrogen-bond acceptors (Lipinski definition) is 3. The minimum atomic E-state index is -1.03. The predicted octanol–water partition coefficient (Wildman–Crippen LogP) is 2.23. The van der Waals surface area contributed by atoms with Gasteiger partial charge in [-0.15, -0.1) is 0 Å². The van der Waals surface area contributed by atoms with Crippen molar-refractivity contribution >= 4 is 11.9 Å². The maximum atomic E-state index is 12.8. The van der Waals surface area contributed by atoms with Crippen molar-refractivity contribution in [2.45, 2.75) is 39.1 Å². The molecule has 0 aliphatic heterocycles. The Morgan fingerprint density at radius 2 is 1.95 bits per heavy atom. The molecule has 1 saturated carbocycles. The van der Waals surface area contributed by atoms with E-state index >= 15 is 0 Å². The van der Waals surface area contributed by atoms with Gasteiger partial charge in [-0.3, -0.25) is 9.59 Å². The highest BCUT2D eigenvalue weighted by atomic mass is 19.1. The van der Waals surface area contributed by atoms with E-state index in [1.54, 1.807) is 13.8 Å². The summed E-state index contributed by atoms with van der Waals surface area (Å²) in [5.41, 5.74) is 0.910. The molecule has 0 saturated heterocycles. The molecule has 1 fully saturated rings. The summed E-state index contributed by atoms with van der Waals surface area (Å²) in [4.78, 5) is 23.6. The lowest BCUT2D eigenvalue weighted by Crippen LogP contribution is -2.41. The number of benzene rings is 1. The molecule has 1 N–H and O–H groups in total. The lowest BCUT2D eigenvalue weighted by Gasteiger charge is -2.20. The Morgan fingerprint density at radius 1 is 1.33 bits per heavy atom. The molecule has 114 valence electrons. The van der Waals surface area contributed by atoms with Crippen LogP contribution < -0.4 is 5.32 Å². The summed E-state index contributed by atoms with van der Waals surface area (Å²) in [5.74, 6) is -1.72. The molecule has 0 spiro atoms. The molecule has 2 rings (SSSR count). The number of esters is 1. The predicted molar refractivity (Wildman–Crippen MR) is 76.0 cm³/mol. The van der Waals surface area contributed by atoms with E-state index in [9.17, 15) is 14.0 Å². The van der Waals surface area contributed by atoms with Crippen LogP contribution >= 0.6 is 0 Å². The number of halogens is 1. The van der Waals surface area contributed by atoms with E-state index in [2.05, 4.69) is 5.32 Å². The third-order valence-corrected chi connectivity index (χ3v) is 3.76. The lowest BCUT2D eigenvalue weighted by molar-refractivity contribution is -0.150. The first-order valence-corrected chi connectivity index (χ1v) is 7.14. The molecule has 0 heterocycles. The Kier molecular flexibility index (Phi) is 4.94. The molecule has 1 aromatic rings. The van der Waals surface area contributed by atoms with Crippen molar-refractivity contribution in [1.29, 1.82) is 0 Å². The van der Waals surface area contributed by atoms with Crippen LogP contribution in [-0.4, -0.2) is 24.1 Å². The molecular weight excluding hydrogens is 273 g/mol. The summed E-state index contributed by atoms with van der Waals surface area (Å²) in [6.45, 7) is 3.62. The molecule has 1 aliphatic carbocycles.